The van der Waals surface area contributed by atoms with Crippen molar-refractivity contribution in [2.24, 2.45) is 9.85 Å². The number of hydrazone groups is 1. The third-order valence-electron chi connectivity index (χ3n) is 7.05. The van der Waals surface area contributed by atoms with Crippen molar-refractivity contribution in [3.05, 3.63) is 70.2 Å². The molecule has 4 rings (SSSR count). The normalized spacial score (nSPS) is 23.9. The number of anilines is 1. The lowest BCUT2D eigenvalue weighted by molar-refractivity contribution is 0.452. The number of para-hydroxylation sites is 1. The highest BCUT2D eigenvalue weighted by molar-refractivity contribution is 7.67. The van der Waals surface area contributed by atoms with E-state index in [2.05, 4.69) is 119 Å². The van der Waals surface area contributed by atoms with E-state index in [9.17, 15) is 0 Å². The molecule has 2 aromatic rings. The predicted molar refractivity (Wildman–Crippen MR) is 139 cm³/mol. The average molecular weight is 450 g/mol. The lowest BCUT2D eigenvalue weighted by Crippen LogP contribution is -2.30. The maximum absolute atomic E-state index is 5.56. The van der Waals surface area contributed by atoms with E-state index in [0.29, 0.717) is 0 Å². The van der Waals surface area contributed by atoms with Crippen LogP contribution in [-0.2, 0) is 5.41 Å². The summed E-state index contributed by atoms with van der Waals surface area (Å²) >= 11 is 0. The predicted octanol–water partition coefficient (Wildman–Crippen LogP) is 6.88. The second kappa shape index (κ2) is 8.20. The largest absolute Gasteiger partial charge is 0.346 e. The molecule has 2 aliphatic heterocycles. The Kier molecular flexibility index (Phi) is 5.85. The van der Waals surface area contributed by atoms with Crippen molar-refractivity contribution < 1.29 is 0 Å². The first-order valence-corrected chi connectivity index (χ1v) is 13.1. The number of hydrogen-bond donors (Lipinski definition) is 0. The third-order valence-corrected chi connectivity index (χ3v) is 10.8. The number of aryl methyl sites for hydroxylation is 2. The summed E-state index contributed by atoms with van der Waals surface area (Å²) in [5.41, 5.74) is 7.39. The molecule has 1 atom stereocenters. The Labute approximate surface area is 193 Å². The molecular weight excluding hydrogens is 413 g/mol. The minimum Gasteiger partial charge on any atom is -0.346 e. The fourth-order valence-corrected chi connectivity index (χ4v) is 8.88. The molecule has 32 heavy (non-hydrogen) atoms. The van der Waals surface area contributed by atoms with Gasteiger partial charge >= 0.3 is 0 Å². The molecule has 0 N–H and O–H groups in total. The average Bonchev–Trinajstić information content (AvgIpc) is 3.17. The highest BCUT2D eigenvalue weighted by Gasteiger charge is 2.47. The van der Waals surface area contributed by atoms with Gasteiger partial charge in [0.2, 0.25) is 0 Å². The van der Waals surface area contributed by atoms with E-state index in [1.165, 1.54) is 33.4 Å². The van der Waals surface area contributed by atoms with E-state index in [1.54, 1.807) is 0 Å². The van der Waals surface area contributed by atoms with Crippen LogP contribution in [0.15, 0.2) is 63.3 Å². The molecular formula is C26H36N5P. The number of likely N-dealkylation sites (N-methyl/N-ethyl adjacent to an activating group) is 1. The van der Waals surface area contributed by atoms with Gasteiger partial charge in [0.25, 0.3) is 0 Å². The molecule has 0 saturated carbocycles. The summed E-state index contributed by atoms with van der Waals surface area (Å²) in [4.78, 5) is 2.37. The van der Waals surface area contributed by atoms with Crippen LogP contribution in [0.4, 0.5) is 11.4 Å². The molecule has 2 aliphatic rings. The fraction of sp³-hybridized carbons (Fsp3) is 0.423. The Balaban J connectivity index is 2.06. The Morgan fingerprint density at radius 2 is 1.69 bits per heavy atom. The molecule has 0 radical (unpaired) electrons. The fourth-order valence-electron chi connectivity index (χ4n) is 5.18. The lowest BCUT2D eigenvalue weighted by Gasteiger charge is -2.39. The van der Waals surface area contributed by atoms with Crippen LogP contribution in [-0.4, -0.2) is 42.8 Å². The first-order chi connectivity index (χ1) is 15.2. The topological polar surface area (TPSA) is 34.4 Å². The van der Waals surface area contributed by atoms with Crippen LogP contribution < -0.4 is 4.90 Å². The van der Waals surface area contributed by atoms with Crippen LogP contribution in [0, 0.1) is 13.8 Å². The third kappa shape index (κ3) is 3.25. The smallest absolute Gasteiger partial charge is 0.174 e. The SMILES string of the molecule is CCN(CC)P1(=Nc2ccc(C)c(C)c2)/C(=C2\N(C)c3ccccc3C2(C)C)C=NN1C. The Morgan fingerprint density at radius 3 is 2.31 bits per heavy atom. The van der Waals surface area contributed by atoms with Gasteiger partial charge in [-0.05, 0) is 48.7 Å². The van der Waals surface area contributed by atoms with Gasteiger partial charge in [0.05, 0.1) is 17.2 Å². The van der Waals surface area contributed by atoms with E-state index < -0.39 is 7.36 Å². The zero-order chi connectivity index (χ0) is 23.3. The molecule has 6 heteroatoms. The van der Waals surface area contributed by atoms with Crippen molar-refractivity contribution in [2.45, 2.75) is 47.0 Å². The Hall–Kier alpha value is -2.36. The monoisotopic (exact) mass is 449 g/mol. The summed E-state index contributed by atoms with van der Waals surface area (Å²) in [6.07, 6.45) is 2.08. The number of nitrogens with zero attached hydrogens (tertiary/aromatic N) is 5. The number of hydrogen-bond acceptors (Lipinski definition) is 3. The van der Waals surface area contributed by atoms with Gasteiger partial charge < -0.3 is 4.90 Å². The van der Waals surface area contributed by atoms with Crippen LogP contribution in [0.2, 0.25) is 0 Å². The van der Waals surface area contributed by atoms with E-state index >= 15 is 0 Å². The van der Waals surface area contributed by atoms with Crippen LogP contribution >= 0.6 is 7.36 Å². The van der Waals surface area contributed by atoms with Crippen LogP contribution in [0.3, 0.4) is 0 Å². The second-order valence-electron chi connectivity index (χ2n) is 9.24. The molecule has 0 saturated heterocycles. The van der Waals surface area contributed by atoms with E-state index in [0.717, 1.165) is 18.8 Å². The van der Waals surface area contributed by atoms with E-state index in [4.69, 9.17) is 9.85 Å². The van der Waals surface area contributed by atoms with Crippen LogP contribution in [0.1, 0.15) is 44.4 Å². The molecule has 0 aromatic heterocycles. The molecule has 5 nitrogen and oxygen atoms in total. The van der Waals surface area contributed by atoms with Gasteiger partial charge in [0, 0.05) is 44.0 Å². The van der Waals surface area contributed by atoms with Gasteiger partial charge in [0.1, 0.15) is 0 Å². The molecule has 0 aliphatic carbocycles. The van der Waals surface area contributed by atoms with E-state index in [1.807, 2.05) is 0 Å². The van der Waals surface area contributed by atoms with Crippen molar-refractivity contribution >= 4 is 24.9 Å². The Bertz CT molecular complexity index is 1160. The van der Waals surface area contributed by atoms with Gasteiger partial charge in [-0.25, -0.2) is 14.2 Å². The van der Waals surface area contributed by atoms with Gasteiger partial charge in [-0.3, -0.25) is 0 Å². The highest BCUT2D eigenvalue weighted by Crippen LogP contribution is 2.69. The first kappa shape index (κ1) is 22.8. The zero-order valence-corrected chi connectivity index (χ0v) is 21.6. The number of fused-ring (bicyclic) bond motifs is 1. The molecule has 0 spiro atoms. The number of benzene rings is 2. The number of allylic oxidation sites excluding steroid dienone is 2. The molecule has 0 bridgehead atoms. The minimum absolute atomic E-state index is 0.130. The van der Waals surface area contributed by atoms with Gasteiger partial charge in [-0.15, -0.1) is 0 Å². The quantitative estimate of drug-likeness (QED) is 0.477. The zero-order valence-electron chi connectivity index (χ0n) is 20.7. The lowest BCUT2D eigenvalue weighted by atomic mass is 9.84. The summed E-state index contributed by atoms with van der Waals surface area (Å²) < 4.78 is 10.2. The van der Waals surface area contributed by atoms with Crippen molar-refractivity contribution in [1.29, 1.82) is 0 Å². The molecule has 170 valence electrons. The maximum Gasteiger partial charge on any atom is 0.174 e. The van der Waals surface area contributed by atoms with Crippen LogP contribution in [0.5, 0.6) is 0 Å². The highest BCUT2D eigenvalue weighted by atomic mass is 31.2. The molecule has 0 amide bonds. The van der Waals surface area contributed by atoms with Gasteiger partial charge in [-0.2, -0.15) is 5.10 Å². The Morgan fingerprint density at radius 1 is 1.00 bits per heavy atom. The van der Waals surface area contributed by atoms with Crippen molar-refractivity contribution in [3.63, 3.8) is 0 Å². The van der Waals surface area contributed by atoms with Crippen molar-refractivity contribution in [3.8, 4) is 0 Å². The summed E-state index contributed by atoms with van der Waals surface area (Å²) in [5, 5.41) is 6.12. The number of rotatable bonds is 4. The second-order valence-corrected chi connectivity index (χ2v) is 12.2. The molecule has 2 aromatic carbocycles. The van der Waals surface area contributed by atoms with Crippen molar-refractivity contribution in [2.75, 3.05) is 32.1 Å². The summed E-state index contributed by atoms with van der Waals surface area (Å²) in [5.74, 6) is 0. The molecule has 0 fully saturated rings. The summed E-state index contributed by atoms with van der Waals surface area (Å²) in [6.45, 7) is 15.3. The molecule has 2 heterocycles. The standard InChI is InChI=1S/C26H36N5P/c1-9-31(10-2)32(28-21-16-15-19(3)20(4)17-21)24(18-27-30(32)8)25-26(5,6)22-13-11-12-14-23(22)29(25)7/h11-18H,9-10H2,1-8H3/b25-24-. The maximum atomic E-state index is 5.56. The van der Waals surface area contributed by atoms with Gasteiger partial charge in [0.15, 0.2) is 7.36 Å². The van der Waals surface area contributed by atoms with Crippen LogP contribution in [0.25, 0.3) is 0 Å². The summed E-state index contributed by atoms with van der Waals surface area (Å²) in [7, 11) is 1.98. The minimum atomic E-state index is -2.30. The first-order valence-electron chi connectivity index (χ1n) is 11.5. The summed E-state index contributed by atoms with van der Waals surface area (Å²) in [6, 6.07) is 15.3. The van der Waals surface area contributed by atoms with Gasteiger partial charge in [-0.1, -0.05) is 52.0 Å². The van der Waals surface area contributed by atoms with Crippen molar-refractivity contribution in [1.82, 2.24) is 9.45 Å². The van der Waals surface area contributed by atoms with E-state index in [-0.39, 0.29) is 5.41 Å². The molecule has 1 unspecified atom stereocenters.